The van der Waals surface area contributed by atoms with Crippen LogP contribution in [0.4, 0.5) is 17.1 Å². The number of nitrogens with zero attached hydrogens (tertiary/aromatic N) is 2. The van der Waals surface area contributed by atoms with Crippen molar-refractivity contribution in [3.05, 3.63) is 243 Å². The second-order valence-corrected chi connectivity index (χ2v) is 15.3. The van der Waals surface area contributed by atoms with Crippen LogP contribution < -0.4 is 4.90 Å². The first-order valence-corrected chi connectivity index (χ1v) is 20.6. The third-order valence-corrected chi connectivity index (χ3v) is 11.8. The molecule has 0 spiro atoms. The Kier molecular flexibility index (Phi) is 8.87. The molecule has 0 aliphatic heterocycles. The van der Waals surface area contributed by atoms with Crippen LogP contribution in [0.5, 0.6) is 0 Å². The molecule has 0 aliphatic carbocycles. The van der Waals surface area contributed by atoms with Crippen molar-refractivity contribution < 1.29 is 0 Å². The molecule has 0 fully saturated rings. The minimum Gasteiger partial charge on any atom is -0.311 e. The van der Waals surface area contributed by atoms with Crippen LogP contribution in [-0.4, -0.2) is 4.57 Å². The second-order valence-electron chi connectivity index (χ2n) is 15.3. The lowest BCUT2D eigenvalue weighted by Crippen LogP contribution is -2.09. The van der Waals surface area contributed by atoms with Crippen LogP contribution in [0.1, 0.15) is 0 Å². The van der Waals surface area contributed by atoms with Crippen molar-refractivity contribution in [1.82, 2.24) is 4.57 Å². The molecule has 10 aromatic carbocycles. The van der Waals surface area contributed by atoms with Crippen LogP contribution in [0.2, 0.25) is 0 Å². The number of benzene rings is 10. The van der Waals surface area contributed by atoms with E-state index in [-0.39, 0.29) is 0 Å². The monoisotopic (exact) mass is 764 g/mol. The first-order valence-electron chi connectivity index (χ1n) is 20.6. The van der Waals surface area contributed by atoms with E-state index in [1.165, 1.54) is 82.8 Å². The molecule has 0 amide bonds. The number of rotatable bonds is 8. The summed E-state index contributed by atoms with van der Waals surface area (Å²) in [6.45, 7) is 0. The van der Waals surface area contributed by atoms with Gasteiger partial charge in [-0.25, -0.2) is 0 Å². The molecular formula is C58H40N2. The Bertz CT molecular complexity index is 3210. The summed E-state index contributed by atoms with van der Waals surface area (Å²) in [7, 11) is 0. The molecule has 11 rings (SSSR count). The largest absolute Gasteiger partial charge is 0.311 e. The summed E-state index contributed by atoms with van der Waals surface area (Å²) in [6, 6.07) is 87.7. The lowest BCUT2D eigenvalue weighted by Gasteiger charge is -2.26. The molecule has 11 aromatic rings. The Balaban J connectivity index is 0.930. The van der Waals surface area contributed by atoms with Gasteiger partial charge in [-0.2, -0.15) is 0 Å². The van der Waals surface area contributed by atoms with Gasteiger partial charge in [-0.1, -0.05) is 188 Å². The van der Waals surface area contributed by atoms with E-state index >= 15 is 0 Å². The summed E-state index contributed by atoms with van der Waals surface area (Å²) in [5, 5.41) is 5.04. The van der Waals surface area contributed by atoms with Crippen LogP contribution in [0.3, 0.4) is 0 Å². The van der Waals surface area contributed by atoms with E-state index in [1.54, 1.807) is 0 Å². The minimum atomic E-state index is 1.10. The molecule has 1 aromatic heterocycles. The van der Waals surface area contributed by atoms with Crippen molar-refractivity contribution in [2.75, 3.05) is 4.90 Å². The molecule has 0 bridgehead atoms. The Morgan fingerprint density at radius 1 is 0.250 bits per heavy atom. The normalized spacial score (nSPS) is 11.3. The highest BCUT2D eigenvalue weighted by atomic mass is 15.1. The summed E-state index contributed by atoms with van der Waals surface area (Å²) in [4.78, 5) is 2.35. The lowest BCUT2D eigenvalue weighted by atomic mass is 9.97. The molecule has 1 heterocycles. The van der Waals surface area contributed by atoms with Crippen molar-refractivity contribution in [2.45, 2.75) is 0 Å². The van der Waals surface area contributed by atoms with E-state index in [9.17, 15) is 0 Å². The van der Waals surface area contributed by atoms with Gasteiger partial charge in [0, 0.05) is 33.4 Å². The maximum atomic E-state index is 2.41. The fourth-order valence-electron chi connectivity index (χ4n) is 8.89. The Hall–Kier alpha value is -7.94. The van der Waals surface area contributed by atoms with Gasteiger partial charge < -0.3 is 9.47 Å². The van der Waals surface area contributed by atoms with Gasteiger partial charge in [0.2, 0.25) is 0 Å². The average Bonchev–Trinajstić information content (AvgIpc) is 3.67. The van der Waals surface area contributed by atoms with Crippen LogP contribution in [0, 0.1) is 0 Å². The number of para-hydroxylation sites is 3. The lowest BCUT2D eigenvalue weighted by molar-refractivity contribution is 1.18. The minimum absolute atomic E-state index is 1.10. The van der Waals surface area contributed by atoms with Crippen LogP contribution in [0.25, 0.3) is 82.8 Å². The molecule has 0 N–H and O–H groups in total. The highest BCUT2D eigenvalue weighted by molar-refractivity contribution is 6.09. The SMILES string of the molecule is c1ccc(-c2ccc(N(c3ccc(-c4ccc(-c5ccccc5-n5c6ccccc6c6ccccc65)cc4)cc3)c3ccc(-c4cccc5ccccc45)cc3)cc2)cc1. The number of anilines is 3. The molecule has 2 nitrogen and oxygen atoms in total. The molecule has 282 valence electrons. The predicted octanol–water partition coefficient (Wildman–Crippen LogP) is 16.1. The number of aromatic nitrogens is 1. The van der Waals surface area contributed by atoms with Gasteiger partial charge in [0.1, 0.15) is 0 Å². The molecule has 0 aliphatic rings. The zero-order valence-corrected chi connectivity index (χ0v) is 33.0. The highest BCUT2D eigenvalue weighted by Crippen LogP contribution is 2.40. The van der Waals surface area contributed by atoms with Gasteiger partial charge in [-0.15, -0.1) is 0 Å². The number of hydrogen-bond donors (Lipinski definition) is 0. The summed E-state index contributed by atoms with van der Waals surface area (Å²) in [6.07, 6.45) is 0. The standard InChI is InChI=1S/C58H40N2/c1-2-13-41(14-3-1)43-29-35-48(36-30-43)59(50-39-33-46(34-40-50)52-21-12-16-45-15-4-5-17-51(45)52)49-37-31-44(32-38-49)42-25-27-47(28-26-42)53-18-6-9-22-56(53)60-57-23-10-7-19-54(57)55-20-8-11-24-58(55)60/h1-40H. The smallest absolute Gasteiger partial charge is 0.0541 e. The van der Waals surface area contributed by atoms with E-state index in [4.69, 9.17) is 0 Å². The van der Waals surface area contributed by atoms with Gasteiger partial charge in [-0.3, -0.25) is 0 Å². The van der Waals surface area contributed by atoms with E-state index in [1.807, 2.05) is 0 Å². The van der Waals surface area contributed by atoms with Crippen LogP contribution in [0.15, 0.2) is 243 Å². The molecule has 0 atom stereocenters. The molecule has 2 heteroatoms. The number of hydrogen-bond acceptors (Lipinski definition) is 1. The van der Waals surface area contributed by atoms with Crippen LogP contribution >= 0.6 is 0 Å². The Morgan fingerprint density at radius 2 is 0.633 bits per heavy atom. The summed E-state index contributed by atoms with van der Waals surface area (Å²) < 4.78 is 2.41. The summed E-state index contributed by atoms with van der Waals surface area (Å²) in [5.41, 5.74) is 16.5. The highest BCUT2D eigenvalue weighted by Gasteiger charge is 2.17. The van der Waals surface area contributed by atoms with E-state index < -0.39 is 0 Å². The number of fused-ring (bicyclic) bond motifs is 4. The maximum Gasteiger partial charge on any atom is 0.0541 e. The Labute approximate surface area is 350 Å². The summed E-state index contributed by atoms with van der Waals surface area (Å²) in [5.74, 6) is 0. The zero-order chi connectivity index (χ0) is 39.8. The third kappa shape index (κ3) is 6.32. The average molecular weight is 765 g/mol. The predicted molar refractivity (Wildman–Crippen MR) is 255 cm³/mol. The van der Waals surface area contributed by atoms with Gasteiger partial charge >= 0.3 is 0 Å². The van der Waals surface area contributed by atoms with Crippen molar-refractivity contribution in [3.8, 4) is 50.2 Å². The second kappa shape index (κ2) is 15.1. The molecule has 60 heavy (non-hydrogen) atoms. The first kappa shape index (κ1) is 35.2. The molecule has 0 saturated heterocycles. The van der Waals surface area contributed by atoms with Crippen molar-refractivity contribution in [3.63, 3.8) is 0 Å². The van der Waals surface area contributed by atoms with E-state index in [2.05, 4.69) is 252 Å². The van der Waals surface area contributed by atoms with Gasteiger partial charge in [0.25, 0.3) is 0 Å². The quantitative estimate of drug-likeness (QED) is 0.150. The van der Waals surface area contributed by atoms with E-state index in [0.29, 0.717) is 0 Å². The first-order chi connectivity index (χ1) is 29.8. The van der Waals surface area contributed by atoms with Gasteiger partial charge in [0.15, 0.2) is 0 Å². The fourth-order valence-corrected chi connectivity index (χ4v) is 8.89. The Morgan fingerprint density at radius 3 is 1.23 bits per heavy atom. The van der Waals surface area contributed by atoms with Gasteiger partial charge in [0.05, 0.1) is 16.7 Å². The molecule has 0 radical (unpaired) electrons. The van der Waals surface area contributed by atoms with Crippen LogP contribution in [-0.2, 0) is 0 Å². The fraction of sp³-hybridized carbons (Fsp3) is 0. The van der Waals surface area contributed by atoms with Crippen molar-refractivity contribution in [1.29, 1.82) is 0 Å². The van der Waals surface area contributed by atoms with Gasteiger partial charge in [-0.05, 0) is 104 Å². The molecular weight excluding hydrogens is 725 g/mol. The molecule has 0 saturated carbocycles. The summed E-state index contributed by atoms with van der Waals surface area (Å²) >= 11 is 0. The van der Waals surface area contributed by atoms with E-state index in [0.717, 1.165) is 17.1 Å². The topological polar surface area (TPSA) is 8.17 Å². The third-order valence-electron chi connectivity index (χ3n) is 11.8. The maximum absolute atomic E-state index is 2.41. The zero-order valence-electron chi connectivity index (χ0n) is 33.0. The van der Waals surface area contributed by atoms with Crippen molar-refractivity contribution >= 4 is 49.6 Å². The molecule has 0 unspecified atom stereocenters. The van der Waals surface area contributed by atoms with Crippen molar-refractivity contribution in [2.24, 2.45) is 0 Å².